The average molecular weight is 403 g/mol. The summed E-state index contributed by atoms with van der Waals surface area (Å²) in [4.78, 5) is 13.0. The number of hydrogen-bond donors (Lipinski definition) is 1. The number of methoxy groups -OCH3 is 1. The molecule has 1 heterocycles. The fourth-order valence-corrected chi connectivity index (χ4v) is 4.00. The van der Waals surface area contributed by atoms with Gasteiger partial charge in [-0.1, -0.05) is 43.3 Å². The van der Waals surface area contributed by atoms with Gasteiger partial charge in [-0.15, -0.1) is 0 Å². The maximum atomic E-state index is 13.0. The number of carbonyl (C=O) groups is 1. The summed E-state index contributed by atoms with van der Waals surface area (Å²) >= 11 is 0. The lowest BCUT2D eigenvalue weighted by Gasteiger charge is -2.12. The summed E-state index contributed by atoms with van der Waals surface area (Å²) in [6, 6.07) is 17.7. The van der Waals surface area contributed by atoms with Crippen LogP contribution in [0.15, 0.2) is 54.6 Å². The molecule has 0 aliphatic heterocycles. The van der Waals surface area contributed by atoms with E-state index in [9.17, 15) is 9.90 Å². The number of aromatic nitrogens is 1. The van der Waals surface area contributed by atoms with Crippen molar-refractivity contribution in [2.24, 2.45) is 0 Å². The molecule has 30 heavy (non-hydrogen) atoms. The second-order valence-electron chi connectivity index (χ2n) is 7.28. The van der Waals surface area contributed by atoms with Crippen molar-refractivity contribution in [1.29, 1.82) is 0 Å². The molecule has 154 valence electrons. The Kier molecular flexibility index (Phi) is 5.46. The zero-order valence-electron chi connectivity index (χ0n) is 17.4. The van der Waals surface area contributed by atoms with E-state index in [-0.39, 0.29) is 12.4 Å². The van der Waals surface area contributed by atoms with Crippen molar-refractivity contribution in [3.63, 3.8) is 0 Å². The normalized spacial score (nSPS) is 11.3. The highest BCUT2D eigenvalue weighted by Crippen LogP contribution is 2.39. The third-order valence-corrected chi connectivity index (χ3v) is 5.51. The second kappa shape index (κ2) is 8.20. The van der Waals surface area contributed by atoms with Crippen molar-refractivity contribution in [1.82, 2.24) is 4.57 Å². The van der Waals surface area contributed by atoms with Gasteiger partial charge in [0.15, 0.2) is 0 Å². The first-order valence-corrected chi connectivity index (χ1v) is 10.1. The summed E-state index contributed by atoms with van der Waals surface area (Å²) in [5, 5.41) is 12.9. The summed E-state index contributed by atoms with van der Waals surface area (Å²) in [6.45, 7) is 4.53. The van der Waals surface area contributed by atoms with Gasteiger partial charge in [0.05, 0.1) is 17.7 Å². The highest BCUT2D eigenvalue weighted by atomic mass is 16.6. The number of hydrogen-bond acceptors (Lipinski definition) is 4. The van der Waals surface area contributed by atoms with Gasteiger partial charge in [-0.3, -0.25) is 0 Å². The van der Waals surface area contributed by atoms with Gasteiger partial charge in [0.2, 0.25) is 0 Å². The van der Waals surface area contributed by atoms with Gasteiger partial charge in [0, 0.05) is 34.6 Å². The monoisotopic (exact) mass is 403 g/mol. The van der Waals surface area contributed by atoms with Crippen LogP contribution < -0.4 is 0 Å². The minimum Gasteiger partial charge on any atom is -0.507 e. The molecule has 0 unspecified atom stereocenters. The van der Waals surface area contributed by atoms with Crippen LogP contribution in [0.25, 0.3) is 27.4 Å². The molecule has 0 aliphatic rings. The third kappa shape index (κ3) is 3.31. The van der Waals surface area contributed by atoms with Crippen LogP contribution in [0, 0.1) is 6.92 Å². The third-order valence-electron chi connectivity index (χ3n) is 5.51. The van der Waals surface area contributed by atoms with Crippen LogP contribution in [0.5, 0.6) is 5.75 Å². The Labute approximate surface area is 175 Å². The predicted octanol–water partition coefficient (Wildman–Crippen LogP) is 5.16. The van der Waals surface area contributed by atoms with Crippen molar-refractivity contribution in [3.8, 4) is 11.4 Å². The molecule has 0 fully saturated rings. The lowest BCUT2D eigenvalue weighted by Crippen LogP contribution is -2.11. The molecule has 0 spiro atoms. The Morgan fingerprint density at radius 3 is 2.37 bits per heavy atom. The Morgan fingerprint density at radius 2 is 1.70 bits per heavy atom. The van der Waals surface area contributed by atoms with Crippen LogP contribution in [0.1, 0.15) is 28.5 Å². The molecule has 0 aliphatic carbocycles. The summed E-state index contributed by atoms with van der Waals surface area (Å²) in [5.41, 5.74) is 4.31. The zero-order chi connectivity index (χ0) is 21.3. The molecule has 3 aromatic carbocycles. The summed E-state index contributed by atoms with van der Waals surface area (Å²) in [7, 11) is 1.56. The number of nitrogens with zero attached hydrogens (tertiary/aromatic N) is 1. The molecule has 0 amide bonds. The van der Waals surface area contributed by atoms with Crippen molar-refractivity contribution >= 4 is 27.6 Å². The Bertz CT molecular complexity index is 1220. The van der Waals surface area contributed by atoms with Crippen LogP contribution in [0.2, 0.25) is 0 Å². The maximum absolute atomic E-state index is 13.0. The van der Waals surface area contributed by atoms with Crippen LogP contribution >= 0.6 is 0 Å². The number of fused-ring (bicyclic) bond motifs is 3. The number of esters is 1. The lowest BCUT2D eigenvalue weighted by molar-refractivity contribution is 0.0389. The number of phenols is 1. The van der Waals surface area contributed by atoms with E-state index in [0.29, 0.717) is 17.6 Å². The van der Waals surface area contributed by atoms with Gasteiger partial charge >= 0.3 is 5.97 Å². The van der Waals surface area contributed by atoms with Gasteiger partial charge < -0.3 is 19.1 Å². The van der Waals surface area contributed by atoms with E-state index in [4.69, 9.17) is 9.47 Å². The summed E-state index contributed by atoms with van der Waals surface area (Å²) in [6.07, 6.45) is 0.958. The molecular weight excluding hydrogens is 378 g/mol. The van der Waals surface area contributed by atoms with Crippen molar-refractivity contribution in [2.75, 3.05) is 20.3 Å². The number of benzene rings is 3. The molecule has 0 radical (unpaired) electrons. The number of aryl methyl sites for hydroxylation is 1. The molecule has 5 heteroatoms. The van der Waals surface area contributed by atoms with Crippen LogP contribution in [-0.4, -0.2) is 36.0 Å². The Hall–Kier alpha value is -3.31. The largest absolute Gasteiger partial charge is 0.507 e. The predicted molar refractivity (Wildman–Crippen MR) is 119 cm³/mol. The van der Waals surface area contributed by atoms with Crippen molar-refractivity contribution in [3.05, 3.63) is 71.4 Å². The maximum Gasteiger partial charge on any atom is 0.340 e. The summed E-state index contributed by atoms with van der Waals surface area (Å²) < 4.78 is 12.5. The number of phenolic OH excluding ortho intramolecular Hbond substituents is 1. The fraction of sp³-hybridized carbons (Fsp3) is 0.240. The lowest BCUT2D eigenvalue weighted by atomic mass is 10.0. The standard InChI is InChI=1S/C25H25NO4/c1-4-17-9-11-18(12-10-17)26-16(2)23(25(28)30-14-13-29-3)21-15-22(27)19-7-5-6-8-20(19)24(21)26/h5-12,15,27H,4,13-14H2,1-3H3. The molecule has 0 bridgehead atoms. The van der Waals surface area contributed by atoms with Gasteiger partial charge in [-0.25, -0.2) is 4.79 Å². The fourth-order valence-electron chi connectivity index (χ4n) is 4.00. The van der Waals surface area contributed by atoms with Crippen LogP contribution in [-0.2, 0) is 15.9 Å². The van der Waals surface area contributed by atoms with E-state index in [1.54, 1.807) is 13.2 Å². The minimum absolute atomic E-state index is 0.141. The van der Waals surface area contributed by atoms with E-state index in [0.717, 1.165) is 34.1 Å². The van der Waals surface area contributed by atoms with E-state index in [1.165, 1.54) is 5.56 Å². The zero-order valence-corrected chi connectivity index (χ0v) is 17.4. The highest BCUT2D eigenvalue weighted by Gasteiger charge is 2.24. The first kappa shape index (κ1) is 20.0. The molecule has 0 saturated heterocycles. The highest BCUT2D eigenvalue weighted by molar-refractivity contribution is 6.16. The van der Waals surface area contributed by atoms with E-state index in [1.807, 2.05) is 31.2 Å². The Balaban J connectivity index is 2.02. The molecule has 1 aromatic heterocycles. The molecular formula is C25H25NO4. The van der Waals surface area contributed by atoms with Gasteiger partial charge in [-0.2, -0.15) is 0 Å². The average Bonchev–Trinajstić information content (AvgIpc) is 3.06. The second-order valence-corrected chi connectivity index (χ2v) is 7.28. The first-order valence-electron chi connectivity index (χ1n) is 10.1. The van der Waals surface area contributed by atoms with Gasteiger partial charge in [0.25, 0.3) is 0 Å². The topological polar surface area (TPSA) is 60.7 Å². The van der Waals surface area contributed by atoms with Crippen LogP contribution in [0.4, 0.5) is 0 Å². The minimum atomic E-state index is -0.423. The van der Waals surface area contributed by atoms with Gasteiger partial charge in [-0.05, 0) is 37.1 Å². The molecule has 4 aromatic rings. The van der Waals surface area contributed by atoms with Gasteiger partial charge in [0.1, 0.15) is 12.4 Å². The molecule has 1 N–H and O–H groups in total. The van der Waals surface area contributed by atoms with Crippen molar-refractivity contribution < 1.29 is 19.4 Å². The quantitative estimate of drug-likeness (QED) is 0.357. The Morgan fingerprint density at radius 1 is 1.00 bits per heavy atom. The SMILES string of the molecule is CCc1ccc(-n2c(C)c(C(=O)OCCOC)c3cc(O)c4ccccc4c32)cc1. The molecule has 0 atom stereocenters. The molecule has 5 nitrogen and oxygen atoms in total. The van der Waals surface area contributed by atoms with Crippen molar-refractivity contribution in [2.45, 2.75) is 20.3 Å². The van der Waals surface area contributed by atoms with E-state index in [2.05, 4.69) is 35.8 Å². The van der Waals surface area contributed by atoms with E-state index < -0.39 is 5.97 Å². The summed E-state index contributed by atoms with van der Waals surface area (Å²) in [5.74, 6) is -0.282. The first-order chi connectivity index (χ1) is 14.6. The molecule has 4 rings (SSSR count). The van der Waals surface area contributed by atoms with E-state index >= 15 is 0 Å². The number of ether oxygens (including phenoxy) is 2. The number of aromatic hydroxyl groups is 1. The number of rotatable bonds is 6. The smallest absolute Gasteiger partial charge is 0.340 e. The van der Waals surface area contributed by atoms with Crippen LogP contribution in [0.3, 0.4) is 0 Å². The number of carbonyl (C=O) groups excluding carboxylic acids is 1. The molecule has 0 saturated carbocycles.